The van der Waals surface area contributed by atoms with Crippen molar-refractivity contribution < 1.29 is 14.6 Å². The third-order valence-corrected chi connectivity index (χ3v) is 7.81. The number of aliphatic hydroxyl groups is 1. The summed E-state index contributed by atoms with van der Waals surface area (Å²) >= 11 is 0. The molecular formula is C22H32O3. The Balaban J connectivity index is 1.55. The molecule has 0 heterocycles. The van der Waals surface area contributed by atoms with Gasteiger partial charge in [0.15, 0.2) is 5.78 Å². The van der Waals surface area contributed by atoms with E-state index in [1.807, 2.05) is 0 Å². The van der Waals surface area contributed by atoms with Crippen molar-refractivity contribution in [1.82, 2.24) is 0 Å². The largest absolute Gasteiger partial charge is 0.381 e. The number of allylic oxidation sites excluding steroid dienone is 2. The molecule has 6 atom stereocenters. The topological polar surface area (TPSA) is 46.5 Å². The number of ether oxygens (including phenoxy) is 1. The van der Waals surface area contributed by atoms with E-state index in [-0.39, 0.29) is 17.1 Å². The van der Waals surface area contributed by atoms with E-state index in [1.54, 1.807) is 18.2 Å². The summed E-state index contributed by atoms with van der Waals surface area (Å²) in [7, 11) is 0. The molecular weight excluding hydrogens is 312 g/mol. The Bertz CT molecular complexity index is 606. The van der Waals surface area contributed by atoms with Crippen LogP contribution in [-0.2, 0) is 9.53 Å². The summed E-state index contributed by atoms with van der Waals surface area (Å²) in [5, 5.41) is 11.4. The number of hydrogen-bond donors (Lipinski definition) is 1. The molecule has 0 aliphatic heterocycles. The molecule has 138 valence electrons. The van der Waals surface area contributed by atoms with Gasteiger partial charge >= 0.3 is 0 Å². The highest BCUT2D eigenvalue weighted by Gasteiger charge is 2.59. The van der Waals surface area contributed by atoms with Crippen LogP contribution in [-0.4, -0.2) is 29.2 Å². The molecule has 4 aliphatic carbocycles. The fourth-order valence-electron chi connectivity index (χ4n) is 6.44. The van der Waals surface area contributed by atoms with Crippen molar-refractivity contribution in [2.24, 2.45) is 23.2 Å². The van der Waals surface area contributed by atoms with Gasteiger partial charge in [-0.25, -0.2) is 0 Å². The van der Waals surface area contributed by atoms with Crippen LogP contribution in [0.1, 0.15) is 65.2 Å². The van der Waals surface area contributed by atoms with E-state index < -0.39 is 5.60 Å². The highest BCUT2D eigenvalue weighted by atomic mass is 16.5. The van der Waals surface area contributed by atoms with Crippen LogP contribution >= 0.6 is 0 Å². The van der Waals surface area contributed by atoms with Gasteiger partial charge in [0.2, 0.25) is 0 Å². The molecule has 4 rings (SSSR count). The molecule has 0 amide bonds. The van der Waals surface area contributed by atoms with Crippen molar-refractivity contribution in [2.45, 2.75) is 76.9 Å². The number of hydrogen-bond acceptors (Lipinski definition) is 3. The van der Waals surface area contributed by atoms with Crippen LogP contribution in [0.4, 0.5) is 0 Å². The minimum absolute atomic E-state index is 0.0315. The smallest absolute Gasteiger partial charge is 0.178 e. The Morgan fingerprint density at radius 2 is 2.08 bits per heavy atom. The third kappa shape index (κ3) is 2.66. The number of rotatable bonds is 4. The second-order valence-electron chi connectivity index (χ2n) is 8.98. The Hall–Kier alpha value is -0.930. The van der Waals surface area contributed by atoms with Gasteiger partial charge in [-0.15, -0.1) is 0 Å². The van der Waals surface area contributed by atoms with E-state index in [0.717, 1.165) is 44.3 Å². The maximum atomic E-state index is 11.7. The fourth-order valence-corrected chi connectivity index (χ4v) is 6.44. The Labute approximate surface area is 151 Å². The van der Waals surface area contributed by atoms with Gasteiger partial charge in [-0.1, -0.05) is 20.3 Å². The number of ketones is 1. The van der Waals surface area contributed by atoms with E-state index in [1.165, 1.54) is 19.3 Å². The van der Waals surface area contributed by atoms with Crippen LogP contribution in [0.3, 0.4) is 0 Å². The molecule has 0 aromatic rings. The van der Waals surface area contributed by atoms with Gasteiger partial charge in [0.25, 0.3) is 0 Å². The Morgan fingerprint density at radius 3 is 2.88 bits per heavy atom. The molecule has 0 aromatic carbocycles. The number of carbonyl (C=O) groups is 1. The molecule has 0 saturated heterocycles. The number of unbranched alkanes of at least 4 members (excludes halogenated alkanes) is 1. The number of fused-ring (bicyclic) bond motifs is 5. The molecule has 0 bridgehead atoms. The minimum atomic E-state index is -0.876. The van der Waals surface area contributed by atoms with Gasteiger partial charge in [0.05, 0.1) is 6.10 Å². The molecule has 4 aliphatic rings. The zero-order valence-electron chi connectivity index (χ0n) is 15.7. The summed E-state index contributed by atoms with van der Waals surface area (Å²) in [6.07, 6.45) is 14.3. The maximum Gasteiger partial charge on any atom is 0.178 e. The summed E-state index contributed by atoms with van der Waals surface area (Å²) in [5.41, 5.74) is 0.346. The lowest BCUT2D eigenvalue weighted by molar-refractivity contribution is -0.115. The minimum Gasteiger partial charge on any atom is -0.381 e. The first-order chi connectivity index (χ1) is 12.0. The van der Waals surface area contributed by atoms with Crippen LogP contribution in [0.2, 0.25) is 0 Å². The second kappa shape index (κ2) is 6.35. The van der Waals surface area contributed by atoms with E-state index in [2.05, 4.69) is 13.8 Å². The van der Waals surface area contributed by atoms with Crippen LogP contribution < -0.4 is 0 Å². The summed E-state index contributed by atoms with van der Waals surface area (Å²) < 4.78 is 6.31. The number of carbonyl (C=O) groups excluding carboxylic acids is 1. The molecule has 6 unspecified atom stereocenters. The lowest BCUT2D eigenvalue weighted by Gasteiger charge is -2.55. The van der Waals surface area contributed by atoms with Crippen molar-refractivity contribution in [2.75, 3.05) is 6.61 Å². The maximum absolute atomic E-state index is 11.7. The summed E-state index contributed by atoms with van der Waals surface area (Å²) in [5.74, 6) is 1.50. The van der Waals surface area contributed by atoms with Crippen LogP contribution in [0, 0.1) is 23.2 Å². The summed E-state index contributed by atoms with van der Waals surface area (Å²) in [4.78, 5) is 11.7. The van der Waals surface area contributed by atoms with Gasteiger partial charge in [0.1, 0.15) is 5.60 Å². The lowest BCUT2D eigenvalue weighted by Crippen LogP contribution is -2.54. The van der Waals surface area contributed by atoms with Crippen molar-refractivity contribution in [3.8, 4) is 0 Å². The molecule has 25 heavy (non-hydrogen) atoms. The predicted molar refractivity (Wildman–Crippen MR) is 98.1 cm³/mol. The standard InChI is InChI=1S/C22H32O3/c1-3-4-13-25-20-8-7-18-17-6-5-15-14-16(23)9-12-22(15,24)19(17)10-11-21(18,20)2/h9,12,14,17-20,24H,3-8,10-11,13H2,1-2H3. The molecule has 3 fully saturated rings. The summed E-state index contributed by atoms with van der Waals surface area (Å²) in [6, 6.07) is 0. The van der Waals surface area contributed by atoms with Gasteiger partial charge in [-0.2, -0.15) is 0 Å². The van der Waals surface area contributed by atoms with E-state index in [4.69, 9.17) is 4.74 Å². The third-order valence-electron chi connectivity index (χ3n) is 7.81. The zero-order valence-corrected chi connectivity index (χ0v) is 15.7. The molecule has 1 N–H and O–H groups in total. The highest BCUT2D eigenvalue weighted by molar-refractivity contribution is 6.01. The first-order valence-corrected chi connectivity index (χ1v) is 10.3. The predicted octanol–water partition coefficient (Wildman–Crippen LogP) is 4.20. The van der Waals surface area contributed by atoms with Gasteiger partial charge < -0.3 is 9.84 Å². The second-order valence-corrected chi connectivity index (χ2v) is 8.98. The normalized spacial score (nSPS) is 45.6. The average molecular weight is 344 g/mol. The molecule has 3 saturated carbocycles. The Morgan fingerprint density at radius 1 is 1.24 bits per heavy atom. The van der Waals surface area contributed by atoms with E-state index >= 15 is 0 Å². The average Bonchev–Trinajstić information content (AvgIpc) is 2.92. The van der Waals surface area contributed by atoms with Crippen molar-refractivity contribution >= 4 is 5.78 Å². The van der Waals surface area contributed by atoms with E-state index in [0.29, 0.717) is 17.9 Å². The van der Waals surface area contributed by atoms with Crippen molar-refractivity contribution in [3.63, 3.8) is 0 Å². The van der Waals surface area contributed by atoms with Gasteiger partial charge in [-0.05, 0) is 91.9 Å². The lowest BCUT2D eigenvalue weighted by atomic mass is 9.51. The zero-order chi connectivity index (χ0) is 17.7. The monoisotopic (exact) mass is 344 g/mol. The van der Waals surface area contributed by atoms with Crippen molar-refractivity contribution in [1.29, 1.82) is 0 Å². The highest BCUT2D eigenvalue weighted by Crippen LogP contribution is 2.62. The van der Waals surface area contributed by atoms with Crippen LogP contribution in [0.25, 0.3) is 0 Å². The molecule has 3 nitrogen and oxygen atoms in total. The molecule has 0 aromatic heterocycles. The van der Waals surface area contributed by atoms with Crippen LogP contribution in [0.5, 0.6) is 0 Å². The van der Waals surface area contributed by atoms with E-state index in [9.17, 15) is 9.90 Å². The summed E-state index contributed by atoms with van der Waals surface area (Å²) in [6.45, 7) is 5.54. The van der Waals surface area contributed by atoms with Crippen LogP contribution in [0.15, 0.2) is 23.8 Å². The SMILES string of the molecule is CCCCOC1CCC2C3CCC4=CC(=O)C=CC4(O)C3CCC12C. The van der Waals surface area contributed by atoms with Gasteiger partial charge in [-0.3, -0.25) is 4.79 Å². The quantitative estimate of drug-likeness (QED) is 0.777. The fraction of sp³-hybridized carbons (Fsp3) is 0.773. The molecule has 0 spiro atoms. The first-order valence-electron chi connectivity index (χ1n) is 10.3. The Kier molecular flexibility index (Phi) is 4.44. The molecule has 3 heteroatoms. The first kappa shape index (κ1) is 17.5. The van der Waals surface area contributed by atoms with Crippen molar-refractivity contribution in [3.05, 3.63) is 23.8 Å². The molecule has 0 radical (unpaired) electrons. The van der Waals surface area contributed by atoms with Gasteiger partial charge in [0, 0.05) is 6.61 Å².